The number of hydrogen-bond donors (Lipinski definition) is 2. The standard InChI is InChI=1S/C26H33N3O4Si/c1-6-29-26(32)20(17-27-29)16-24(31)28-25(19-9-11-21(33-2)12-10-19)23(30)15-18-7-13-22(14-8-18)34(3,4)5/h7-14,17,25,27H,6,15-16H2,1-5H3,(H,28,31). The van der Waals surface area contributed by atoms with Crippen LogP contribution in [0.5, 0.6) is 5.75 Å². The van der Waals surface area contributed by atoms with Crippen LogP contribution in [0.3, 0.4) is 0 Å². The van der Waals surface area contributed by atoms with Gasteiger partial charge < -0.3 is 15.2 Å². The zero-order valence-electron chi connectivity index (χ0n) is 20.5. The highest BCUT2D eigenvalue weighted by Gasteiger charge is 2.24. The lowest BCUT2D eigenvalue weighted by atomic mass is 9.97. The number of hydrogen-bond acceptors (Lipinski definition) is 4. The van der Waals surface area contributed by atoms with Gasteiger partial charge in [-0.2, -0.15) is 0 Å². The fraction of sp³-hybridized carbons (Fsp3) is 0.346. The second kappa shape index (κ2) is 10.7. The number of nitrogens with zero attached hydrogens (tertiary/aromatic N) is 1. The van der Waals surface area contributed by atoms with E-state index < -0.39 is 14.1 Å². The molecule has 3 aromatic rings. The quantitative estimate of drug-likeness (QED) is 0.437. The molecule has 0 aliphatic heterocycles. The third kappa shape index (κ3) is 6.14. The molecule has 0 fully saturated rings. The molecule has 180 valence electrons. The van der Waals surface area contributed by atoms with Gasteiger partial charge >= 0.3 is 0 Å². The first-order chi connectivity index (χ1) is 16.1. The first kappa shape index (κ1) is 25.2. The van der Waals surface area contributed by atoms with Crippen molar-refractivity contribution in [1.29, 1.82) is 0 Å². The van der Waals surface area contributed by atoms with Crippen molar-refractivity contribution in [2.75, 3.05) is 7.11 Å². The lowest BCUT2D eigenvalue weighted by molar-refractivity contribution is -0.127. The highest BCUT2D eigenvalue weighted by Crippen LogP contribution is 2.20. The first-order valence-electron chi connectivity index (χ1n) is 11.4. The molecule has 8 heteroatoms. The van der Waals surface area contributed by atoms with Gasteiger partial charge in [0.25, 0.3) is 5.56 Å². The van der Waals surface area contributed by atoms with E-state index in [1.807, 2.05) is 19.1 Å². The number of aromatic amines is 1. The summed E-state index contributed by atoms with van der Waals surface area (Å²) in [5.74, 6) is 0.151. The SMILES string of the molecule is CCn1[nH]cc(CC(=O)NC(C(=O)Cc2ccc([Si](C)(C)C)cc2)c2ccc(OC)cc2)c1=O. The van der Waals surface area contributed by atoms with Crippen LogP contribution in [0.4, 0.5) is 0 Å². The number of ketones is 1. The predicted molar refractivity (Wildman–Crippen MR) is 136 cm³/mol. The van der Waals surface area contributed by atoms with Crippen molar-refractivity contribution in [3.63, 3.8) is 0 Å². The molecule has 2 aromatic carbocycles. The molecule has 0 bridgehead atoms. The number of aromatic nitrogens is 2. The van der Waals surface area contributed by atoms with Crippen LogP contribution in [0.15, 0.2) is 59.5 Å². The zero-order chi connectivity index (χ0) is 24.9. The van der Waals surface area contributed by atoms with Crippen molar-refractivity contribution < 1.29 is 14.3 Å². The number of carbonyl (C=O) groups is 2. The maximum atomic E-state index is 13.3. The van der Waals surface area contributed by atoms with E-state index in [0.717, 1.165) is 5.56 Å². The van der Waals surface area contributed by atoms with E-state index in [-0.39, 0.29) is 30.1 Å². The summed E-state index contributed by atoms with van der Waals surface area (Å²) in [5, 5.41) is 7.02. The van der Waals surface area contributed by atoms with Crippen molar-refractivity contribution in [3.05, 3.63) is 81.8 Å². The molecule has 0 saturated heterocycles. The Labute approximate surface area is 201 Å². The summed E-state index contributed by atoms with van der Waals surface area (Å²) in [4.78, 5) is 38.5. The van der Waals surface area contributed by atoms with Crippen molar-refractivity contribution >= 4 is 25.0 Å². The van der Waals surface area contributed by atoms with Crippen molar-refractivity contribution in [2.24, 2.45) is 0 Å². The second-order valence-corrected chi connectivity index (χ2v) is 14.5. The summed E-state index contributed by atoms with van der Waals surface area (Å²) in [5.41, 5.74) is 1.70. The Morgan fingerprint density at radius 1 is 1.03 bits per heavy atom. The minimum Gasteiger partial charge on any atom is -0.497 e. The lowest BCUT2D eigenvalue weighted by Gasteiger charge is -2.19. The summed E-state index contributed by atoms with van der Waals surface area (Å²) in [6.45, 7) is 9.17. The second-order valence-electron chi connectivity index (χ2n) is 9.39. The van der Waals surface area contributed by atoms with Crippen LogP contribution in [0, 0.1) is 0 Å². The van der Waals surface area contributed by atoms with Gasteiger partial charge in [0.2, 0.25) is 5.91 Å². The third-order valence-corrected chi connectivity index (χ3v) is 7.92. The molecule has 0 aliphatic carbocycles. The lowest BCUT2D eigenvalue weighted by Crippen LogP contribution is -2.37. The van der Waals surface area contributed by atoms with Gasteiger partial charge in [-0.25, -0.2) is 0 Å². The topological polar surface area (TPSA) is 93.2 Å². The molecule has 1 atom stereocenters. The van der Waals surface area contributed by atoms with Crippen LogP contribution in [0.1, 0.15) is 29.7 Å². The maximum Gasteiger partial charge on any atom is 0.270 e. The minimum absolute atomic E-state index is 0.104. The van der Waals surface area contributed by atoms with Crippen LogP contribution in [-0.2, 0) is 29.0 Å². The molecule has 0 aliphatic rings. The molecule has 1 heterocycles. The monoisotopic (exact) mass is 479 g/mol. The molecule has 1 amide bonds. The highest BCUT2D eigenvalue weighted by molar-refractivity contribution is 6.88. The molecular weight excluding hydrogens is 446 g/mol. The van der Waals surface area contributed by atoms with Gasteiger partial charge in [0.1, 0.15) is 11.8 Å². The molecule has 2 N–H and O–H groups in total. The smallest absolute Gasteiger partial charge is 0.270 e. The minimum atomic E-state index is -1.43. The van der Waals surface area contributed by atoms with Gasteiger partial charge in [-0.15, -0.1) is 0 Å². The third-order valence-electron chi connectivity index (χ3n) is 5.86. The van der Waals surface area contributed by atoms with Crippen LogP contribution in [-0.4, -0.2) is 36.7 Å². The molecule has 0 radical (unpaired) electrons. The molecule has 0 saturated carbocycles. The van der Waals surface area contributed by atoms with Crippen molar-refractivity contribution in [2.45, 2.75) is 52.0 Å². The summed E-state index contributed by atoms with van der Waals surface area (Å²) in [6.07, 6.45) is 1.62. The summed E-state index contributed by atoms with van der Waals surface area (Å²) >= 11 is 0. The van der Waals surface area contributed by atoms with Crippen LogP contribution in [0.2, 0.25) is 19.6 Å². The Morgan fingerprint density at radius 2 is 1.68 bits per heavy atom. The Balaban J connectivity index is 1.81. The van der Waals surface area contributed by atoms with Gasteiger partial charge in [0.05, 0.1) is 21.6 Å². The van der Waals surface area contributed by atoms with Gasteiger partial charge in [0, 0.05) is 24.7 Å². The molecule has 34 heavy (non-hydrogen) atoms. The van der Waals surface area contributed by atoms with E-state index in [0.29, 0.717) is 23.4 Å². The molecule has 7 nitrogen and oxygen atoms in total. The Morgan fingerprint density at radius 3 is 2.21 bits per heavy atom. The number of ether oxygens (including phenoxy) is 1. The molecular formula is C26H33N3O4Si. The number of methoxy groups -OCH3 is 1. The fourth-order valence-electron chi connectivity index (χ4n) is 3.77. The van der Waals surface area contributed by atoms with Gasteiger partial charge in [-0.05, 0) is 30.2 Å². The first-order valence-corrected chi connectivity index (χ1v) is 14.9. The fourth-order valence-corrected chi connectivity index (χ4v) is 4.93. The van der Waals surface area contributed by atoms with E-state index in [4.69, 9.17) is 4.74 Å². The number of rotatable bonds is 10. The van der Waals surface area contributed by atoms with Gasteiger partial charge in [-0.1, -0.05) is 61.2 Å². The Bertz CT molecular complexity index is 1190. The van der Waals surface area contributed by atoms with Crippen molar-refractivity contribution in [1.82, 2.24) is 15.1 Å². The normalized spacial score (nSPS) is 12.3. The molecule has 1 aromatic heterocycles. The average Bonchev–Trinajstić information content (AvgIpc) is 3.16. The largest absolute Gasteiger partial charge is 0.497 e. The highest BCUT2D eigenvalue weighted by atomic mass is 28.3. The predicted octanol–water partition coefficient (Wildman–Crippen LogP) is 2.96. The number of benzene rings is 2. The number of carbonyl (C=O) groups excluding carboxylic acids is 2. The maximum absolute atomic E-state index is 13.3. The van der Waals surface area contributed by atoms with Gasteiger partial charge in [-0.3, -0.25) is 19.1 Å². The number of H-pyrrole nitrogens is 1. The van der Waals surface area contributed by atoms with Crippen molar-refractivity contribution in [3.8, 4) is 5.75 Å². The van der Waals surface area contributed by atoms with Crippen LogP contribution < -0.4 is 20.8 Å². The molecule has 0 spiro atoms. The van der Waals surface area contributed by atoms with E-state index in [2.05, 4.69) is 42.2 Å². The van der Waals surface area contributed by atoms with Gasteiger partial charge in [0.15, 0.2) is 5.78 Å². The Hall–Kier alpha value is -3.39. The number of Topliss-reactive ketones (excluding diaryl/α,β-unsaturated/α-hetero) is 1. The molecule has 1 unspecified atom stereocenters. The van der Waals surface area contributed by atoms with E-state index >= 15 is 0 Å². The summed E-state index contributed by atoms with van der Waals surface area (Å²) in [7, 11) is 0.145. The molecule has 3 rings (SSSR count). The van der Waals surface area contributed by atoms with E-state index in [9.17, 15) is 14.4 Å². The van der Waals surface area contributed by atoms with Crippen LogP contribution in [0.25, 0.3) is 0 Å². The van der Waals surface area contributed by atoms with Crippen LogP contribution >= 0.6 is 0 Å². The van der Waals surface area contributed by atoms with E-state index in [1.54, 1.807) is 31.4 Å². The van der Waals surface area contributed by atoms with E-state index in [1.165, 1.54) is 16.1 Å². The number of nitrogens with one attached hydrogen (secondary N) is 2. The zero-order valence-corrected chi connectivity index (χ0v) is 21.5. The summed E-state index contributed by atoms with van der Waals surface area (Å²) < 4.78 is 6.65. The summed E-state index contributed by atoms with van der Waals surface area (Å²) in [6, 6.07) is 14.4. The number of amides is 1. The number of aryl methyl sites for hydroxylation is 1. The average molecular weight is 480 g/mol. The Kier molecular flexibility index (Phi) is 7.93.